The predicted octanol–water partition coefficient (Wildman–Crippen LogP) is 5.93. The number of aryl methyl sites for hydroxylation is 1. The third-order valence-electron chi connectivity index (χ3n) is 5.25. The Kier molecular flexibility index (Phi) is 3.22. The lowest BCUT2D eigenvalue weighted by molar-refractivity contribution is 0.867. The molecular weight excluding hydrogens is 264 g/mol. The van der Waals surface area contributed by atoms with Crippen LogP contribution in [0.5, 0.6) is 0 Å². The van der Waals surface area contributed by atoms with E-state index in [1.165, 1.54) is 41.5 Å². The van der Waals surface area contributed by atoms with Crippen molar-refractivity contribution in [2.75, 3.05) is 0 Å². The van der Waals surface area contributed by atoms with Crippen LogP contribution in [0, 0.1) is 0 Å². The third kappa shape index (κ3) is 2.05. The van der Waals surface area contributed by atoms with Crippen LogP contribution in [0.25, 0.3) is 17.2 Å². The number of fused-ring (bicyclic) bond motifs is 2. The molecule has 4 rings (SSSR count). The van der Waals surface area contributed by atoms with Crippen LogP contribution in [0.2, 0.25) is 0 Å². The van der Waals surface area contributed by atoms with Gasteiger partial charge in [0.05, 0.1) is 0 Å². The summed E-state index contributed by atoms with van der Waals surface area (Å²) in [6.07, 6.45) is 7.35. The van der Waals surface area contributed by atoms with E-state index in [0.717, 1.165) is 6.42 Å². The number of rotatable bonds is 2. The molecule has 0 fully saturated rings. The fourth-order valence-electron chi connectivity index (χ4n) is 4.28. The van der Waals surface area contributed by atoms with Crippen molar-refractivity contribution in [2.45, 2.75) is 52.4 Å². The van der Waals surface area contributed by atoms with Gasteiger partial charge in [0.15, 0.2) is 0 Å². The highest BCUT2D eigenvalue weighted by atomic mass is 14.3. The van der Waals surface area contributed by atoms with Gasteiger partial charge in [-0.25, -0.2) is 0 Å². The van der Waals surface area contributed by atoms with E-state index in [-0.39, 0.29) is 0 Å². The molecule has 0 aromatic heterocycles. The van der Waals surface area contributed by atoms with E-state index >= 15 is 0 Å². The lowest BCUT2D eigenvalue weighted by atomic mass is 9.84. The Hall–Kier alpha value is -1.82. The topological polar surface area (TPSA) is 0 Å². The average molecular weight is 288 g/mol. The number of benzene rings is 2. The predicted molar refractivity (Wildman–Crippen MR) is 95.3 cm³/mol. The van der Waals surface area contributed by atoms with Crippen molar-refractivity contribution in [3.63, 3.8) is 0 Å². The second-order valence-corrected chi connectivity index (χ2v) is 7.22. The van der Waals surface area contributed by atoms with E-state index < -0.39 is 0 Å². The van der Waals surface area contributed by atoms with Crippen molar-refractivity contribution >= 4 is 6.08 Å². The van der Waals surface area contributed by atoms with Crippen LogP contribution in [0.1, 0.15) is 60.9 Å². The van der Waals surface area contributed by atoms with E-state index in [1.807, 2.05) is 0 Å². The van der Waals surface area contributed by atoms with Crippen molar-refractivity contribution in [1.29, 1.82) is 0 Å². The fourth-order valence-corrected chi connectivity index (χ4v) is 4.28. The Bertz CT molecular complexity index is 775. The standard InChI is InChI=1S/C22H24/c1-14(2)18-8-4-5-9-20(18)22-19-10-6-7-16(19)13-17-11-15(3)12-21(17)22/h4-5,8-9,11,13-14H,6-7,10,12H2,1-3H3. The van der Waals surface area contributed by atoms with E-state index in [0.29, 0.717) is 5.92 Å². The summed E-state index contributed by atoms with van der Waals surface area (Å²) >= 11 is 0. The molecule has 0 saturated heterocycles. The minimum absolute atomic E-state index is 0.569. The van der Waals surface area contributed by atoms with Gasteiger partial charge >= 0.3 is 0 Å². The molecule has 0 N–H and O–H groups in total. The van der Waals surface area contributed by atoms with Gasteiger partial charge in [0, 0.05) is 0 Å². The molecule has 0 amide bonds. The highest BCUT2D eigenvalue weighted by Gasteiger charge is 2.25. The molecule has 2 aliphatic rings. The van der Waals surface area contributed by atoms with Gasteiger partial charge in [0.2, 0.25) is 0 Å². The zero-order valence-corrected chi connectivity index (χ0v) is 13.9. The van der Waals surface area contributed by atoms with Gasteiger partial charge in [-0.1, -0.05) is 55.8 Å². The summed E-state index contributed by atoms with van der Waals surface area (Å²) in [5, 5.41) is 0. The smallest absolute Gasteiger partial charge is 0.00543 e. The molecule has 0 unspecified atom stereocenters. The molecule has 112 valence electrons. The molecule has 0 heterocycles. The zero-order valence-electron chi connectivity index (χ0n) is 13.9. The second kappa shape index (κ2) is 5.12. The van der Waals surface area contributed by atoms with E-state index in [4.69, 9.17) is 0 Å². The van der Waals surface area contributed by atoms with Gasteiger partial charge in [-0.15, -0.1) is 0 Å². The van der Waals surface area contributed by atoms with Crippen LogP contribution in [-0.2, 0) is 19.3 Å². The fraction of sp³-hybridized carbons (Fsp3) is 0.364. The monoisotopic (exact) mass is 288 g/mol. The van der Waals surface area contributed by atoms with E-state index in [1.54, 1.807) is 22.3 Å². The van der Waals surface area contributed by atoms with Gasteiger partial charge in [0.25, 0.3) is 0 Å². The molecule has 0 aliphatic heterocycles. The summed E-state index contributed by atoms with van der Waals surface area (Å²) in [7, 11) is 0. The Morgan fingerprint density at radius 2 is 1.82 bits per heavy atom. The Labute approximate surface area is 133 Å². The molecule has 0 nitrogen and oxygen atoms in total. The molecule has 0 saturated carbocycles. The summed E-state index contributed by atoms with van der Waals surface area (Å²) < 4.78 is 0. The first-order chi connectivity index (χ1) is 10.6. The van der Waals surface area contributed by atoms with Gasteiger partial charge in [0.1, 0.15) is 0 Å². The van der Waals surface area contributed by atoms with Gasteiger partial charge in [-0.05, 0) is 77.5 Å². The molecular formula is C22H24. The lowest BCUT2D eigenvalue weighted by Gasteiger charge is -2.20. The minimum Gasteiger partial charge on any atom is -0.0683 e. The van der Waals surface area contributed by atoms with Crippen molar-refractivity contribution in [1.82, 2.24) is 0 Å². The van der Waals surface area contributed by atoms with Crippen LogP contribution < -0.4 is 0 Å². The maximum Gasteiger partial charge on any atom is -0.00543 e. The van der Waals surface area contributed by atoms with Crippen LogP contribution in [0.15, 0.2) is 35.9 Å². The van der Waals surface area contributed by atoms with Gasteiger partial charge in [-0.3, -0.25) is 0 Å². The number of hydrogen-bond acceptors (Lipinski definition) is 0. The van der Waals surface area contributed by atoms with Crippen molar-refractivity contribution in [2.24, 2.45) is 0 Å². The molecule has 22 heavy (non-hydrogen) atoms. The summed E-state index contributed by atoms with van der Waals surface area (Å²) in [5.74, 6) is 0.569. The number of hydrogen-bond donors (Lipinski definition) is 0. The van der Waals surface area contributed by atoms with Crippen molar-refractivity contribution in [3.05, 3.63) is 63.7 Å². The first-order valence-corrected chi connectivity index (χ1v) is 8.59. The maximum atomic E-state index is 2.47. The second-order valence-electron chi connectivity index (χ2n) is 7.22. The van der Waals surface area contributed by atoms with Gasteiger partial charge in [-0.2, -0.15) is 0 Å². The molecule has 2 aromatic rings. The Morgan fingerprint density at radius 3 is 2.64 bits per heavy atom. The summed E-state index contributed by atoms with van der Waals surface area (Å²) in [4.78, 5) is 0. The van der Waals surface area contributed by atoms with Crippen LogP contribution in [0.4, 0.5) is 0 Å². The van der Waals surface area contributed by atoms with E-state index in [2.05, 4.69) is 57.2 Å². The summed E-state index contributed by atoms with van der Waals surface area (Å²) in [6, 6.07) is 11.5. The van der Waals surface area contributed by atoms with Crippen LogP contribution >= 0.6 is 0 Å². The van der Waals surface area contributed by atoms with Crippen LogP contribution in [-0.4, -0.2) is 0 Å². The SMILES string of the molecule is CC1=Cc2cc3c(c(-c4ccccc4C(C)C)c2C1)CCC3. The Morgan fingerprint density at radius 1 is 1.00 bits per heavy atom. The largest absolute Gasteiger partial charge is 0.0683 e. The zero-order chi connectivity index (χ0) is 15.3. The number of allylic oxidation sites excluding steroid dienone is 1. The first kappa shape index (κ1) is 13.8. The highest BCUT2D eigenvalue weighted by molar-refractivity contribution is 5.83. The Balaban J connectivity index is 2.02. The molecule has 0 atom stereocenters. The molecule has 0 spiro atoms. The van der Waals surface area contributed by atoms with Gasteiger partial charge < -0.3 is 0 Å². The summed E-state index contributed by atoms with van der Waals surface area (Å²) in [6.45, 7) is 6.89. The molecule has 2 aliphatic carbocycles. The normalized spacial score (nSPS) is 15.9. The minimum atomic E-state index is 0.569. The van der Waals surface area contributed by atoms with E-state index in [9.17, 15) is 0 Å². The molecule has 0 bridgehead atoms. The molecule has 0 heteroatoms. The summed E-state index contributed by atoms with van der Waals surface area (Å²) in [5.41, 5.74) is 12.3. The van der Waals surface area contributed by atoms with Crippen molar-refractivity contribution < 1.29 is 0 Å². The molecule has 0 radical (unpaired) electrons. The quantitative estimate of drug-likeness (QED) is 0.643. The van der Waals surface area contributed by atoms with Crippen LogP contribution in [0.3, 0.4) is 0 Å². The maximum absolute atomic E-state index is 2.47. The highest BCUT2D eigenvalue weighted by Crippen LogP contribution is 2.43. The molecule has 2 aromatic carbocycles. The average Bonchev–Trinajstić information content (AvgIpc) is 3.09. The first-order valence-electron chi connectivity index (χ1n) is 8.59. The lowest BCUT2D eigenvalue weighted by Crippen LogP contribution is -2.01. The van der Waals surface area contributed by atoms with Crippen molar-refractivity contribution in [3.8, 4) is 11.1 Å². The third-order valence-corrected chi connectivity index (χ3v) is 5.25.